The van der Waals surface area contributed by atoms with Crippen LogP contribution in [0.3, 0.4) is 0 Å². The number of rotatable bonds is 2. The van der Waals surface area contributed by atoms with Crippen LogP contribution in [-0.2, 0) is 11.8 Å². The Hall–Kier alpha value is -0.820. The van der Waals surface area contributed by atoms with Crippen molar-refractivity contribution in [2.24, 2.45) is 11.8 Å². The molecule has 102 valence electrons. The Morgan fingerprint density at radius 3 is 2.44 bits per heavy atom. The monoisotopic (exact) mass is 248 g/mol. The van der Waals surface area contributed by atoms with Crippen LogP contribution < -0.4 is 0 Å². The lowest BCUT2D eigenvalue weighted by Gasteiger charge is -2.45. The van der Waals surface area contributed by atoms with Crippen molar-refractivity contribution in [2.75, 3.05) is 6.61 Å². The Morgan fingerprint density at radius 1 is 1.28 bits per heavy atom. The first-order chi connectivity index (χ1) is 8.60. The quantitative estimate of drug-likeness (QED) is 0.832. The summed E-state index contributed by atoms with van der Waals surface area (Å²) in [4.78, 5) is 0. The second-order valence-electron chi connectivity index (χ2n) is 5.51. The van der Waals surface area contributed by atoms with Gasteiger partial charge in [-0.3, -0.25) is 0 Å². The van der Waals surface area contributed by atoms with Gasteiger partial charge in [-0.2, -0.15) is 0 Å². The van der Waals surface area contributed by atoms with E-state index in [2.05, 4.69) is 45.0 Å². The first kappa shape index (κ1) is 15.2. The highest BCUT2D eigenvalue weighted by atomic mass is 16.3. The lowest BCUT2D eigenvalue weighted by molar-refractivity contribution is 0.108. The summed E-state index contributed by atoms with van der Waals surface area (Å²) in [7, 11) is 0. The van der Waals surface area contributed by atoms with Crippen molar-refractivity contribution in [1.82, 2.24) is 0 Å². The summed E-state index contributed by atoms with van der Waals surface area (Å²) in [6, 6.07) is 8.73. The van der Waals surface area contributed by atoms with E-state index in [0.717, 1.165) is 12.8 Å². The van der Waals surface area contributed by atoms with E-state index in [-0.39, 0.29) is 5.41 Å². The molecule has 2 atom stereocenters. The second-order valence-corrected chi connectivity index (χ2v) is 5.51. The van der Waals surface area contributed by atoms with Crippen molar-refractivity contribution in [3.63, 3.8) is 0 Å². The van der Waals surface area contributed by atoms with E-state index in [1.807, 2.05) is 13.8 Å². The molecule has 18 heavy (non-hydrogen) atoms. The molecule has 0 spiro atoms. The molecule has 2 unspecified atom stereocenters. The van der Waals surface area contributed by atoms with Gasteiger partial charge in [0.05, 0.1) is 0 Å². The first-order valence-corrected chi connectivity index (χ1v) is 7.30. The molecular formula is C17H28O. The number of hydrogen-bond acceptors (Lipinski definition) is 1. The van der Waals surface area contributed by atoms with Crippen molar-refractivity contribution < 1.29 is 5.11 Å². The minimum absolute atomic E-state index is 0.129. The molecule has 1 heteroatoms. The van der Waals surface area contributed by atoms with Gasteiger partial charge in [0.25, 0.3) is 0 Å². The number of benzene rings is 1. The van der Waals surface area contributed by atoms with E-state index in [1.165, 1.54) is 11.1 Å². The van der Waals surface area contributed by atoms with Crippen LogP contribution in [0.15, 0.2) is 24.3 Å². The Balaban J connectivity index is 0.000000771. The van der Waals surface area contributed by atoms with E-state index >= 15 is 0 Å². The summed E-state index contributed by atoms with van der Waals surface area (Å²) in [5.74, 6) is 0.966. The summed E-state index contributed by atoms with van der Waals surface area (Å²) in [6.07, 6.45) is 2.23. The fourth-order valence-corrected chi connectivity index (χ4v) is 3.18. The molecular weight excluding hydrogens is 220 g/mol. The van der Waals surface area contributed by atoms with Crippen LogP contribution in [-0.4, -0.2) is 11.7 Å². The molecule has 0 heterocycles. The second kappa shape index (κ2) is 6.38. The zero-order chi connectivity index (χ0) is 13.8. The van der Waals surface area contributed by atoms with Crippen LogP contribution >= 0.6 is 0 Å². The van der Waals surface area contributed by atoms with E-state index < -0.39 is 0 Å². The summed E-state index contributed by atoms with van der Waals surface area (Å²) in [5, 5.41) is 9.60. The maximum Gasteiger partial charge on any atom is 0.0467 e. The maximum absolute atomic E-state index is 9.60. The molecule has 1 aromatic carbocycles. The third-order valence-corrected chi connectivity index (χ3v) is 4.63. The predicted molar refractivity (Wildman–Crippen MR) is 78.9 cm³/mol. The maximum atomic E-state index is 9.60. The minimum atomic E-state index is 0.129. The molecule has 1 aromatic rings. The van der Waals surface area contributed by atoms with Gasteiger partial charge in [0.2, 0.25) is 0 Å². The Morgan fingerprint density at radius 2 is 1.89 bits per heavy atom. The summed E-state index contributed by atoms with van der Waals surface area (Å²) < 4.78 is 0. The van der Waals surface area contributed by atoms with Gasteiger partial charge < -0.3 is 5.11 Å². The van der Waals surface area contributed by atoms with Crippen LogP contribution in [0.5, 0.6) is 0 Å². The van der Waals surface area contributed by atoms with Crippen molar-refractivity contribution in [2.45, 2.75) is 52.9 Å². The Labute approximate surface area is 112 Å². The van der Waals surface area contributed by atoms with Gasteiger partial charge >= 0.3 is 0 Å². The molecule has 0 bridgehead atoms. The van der Waals surface area contributed by atoms with Gasteiger partial charge in [-0.25, -0.2) is 0 Å². The molecule has 1 aliphatic rings. The fourth-order valence-electron chi connectivity index (χ4n) is 3.18. The third kappa shape index (κ3) is 2.47. The zero-order valence-electron chi connectivity index (χ0n) is 12.5. The molecule has 2 rings (SSSR count). The van der Waals surface area contributed by atoms with Crippen molar-refractivity contribution in [1.29, 1.82) is 0 Å². The van der Waals surface area contributed by atoms with Crippen LogP contribution in [0.25, 0.3) is 0 Å². The lowest BCUT2D eigenvalue weighted by atomic mass is 9.59. The molecule has 0 aliphatic heterocycles. The van der Waals surface area contributed by atoms with E-state index in [1.54, 1.807) is 0 Å². The van der Waals surface area contributed by atoms with E-state index in [9.17, 15) is 5.11 Å². The number of aryl methyl sites for hydroxylation is 1. The molecule has 1 aliphatic carbocycles. The molecule has 0 saturated carbocycles. The summed E-state index contributed by atoms with van der Waals surface area (Å²) >= 11 is 0. The van der Waals surface area contributed by atoms with E-state index in [0.29, 0.717) is 18.4 Å². The summed E-state index contributed by atoms with van der Waals surface area (Å²) in [6.45, 7) is 11.2. The fraction of sp³-hybridized carbons (Fsp3) is 0.647. The van der Waals surface area contributed by atoms with Crippen LogP contribution in [0.1, 0.15) is 52.2 Å². The van der Waals surface area contributed by atoms with Gasteiger partial charge in [0.15, 0.2) is 0 Å². The molecule has 0 aromatic heterocycles. The van der Waals surface area contributed by atoms with Crippen LogP contribution in [0.2, 0.25) is 0 Å². The molecule has 0 fully saturated rings. The highest BCUT2D eigenvalue weighted by Crippen LogP contribution is 2.46. The topological polar surface area (TPSA) is 20.2 Å². The molecule has 0 radical (unpaired) electrons. The Bertz CT molecular complexity index is 370. The zero-order valence-corrected chi connectivity index (χ0v) is 12.5. The van der Waals surface area contributed by atoms with Crippen molar-refractivity contribution >= 4 is 0 Å². The van der Waals surface area contributed by atoms with E-state index in [4.69, 9.17) is 0 Å². The van der Waals surface area contributed by atoms with Gasteiger partial charge in [-0.1, -0.05) is 58.9 Å². The highest BCUT2D eigenvalue weighted by molar-refractivity contribution is 5.37. The SMILES string of the molecule is CC.CC(C)C1(C)c2ccccc2CCC1CO. The van der Waals surface area contributed by atoms with Gasteiger partial charge in [-0.05, 0) is 35.8 Å². The highest BCUT2D eigenvalue weighted by Gasteiger charge is 2.41. The molecule has 0 amide bonds. The average Bonchev–Trinajstić information content (AvgIpc) is 2.41. The molecule has 0 saturated heterocycles. The number of hydrogen-bond donors (Lipinski definition) is 1. The largest absolute Gasteiger partial charge is 0.396 e. The Kier molecular flexibility index (Phi) is 5.40. The number of aliphatic hydroxyl groups is 1. The average molecular weight is 248 g/mol. The normalized spacial score (nSPS) is 26.3. The van der Waals surface area contributed by atoms with Crippen LogP contribution in [0, 0.1) is 11.8 Å². The lowest BCUT2D eigenvalue weighted by Crippen LogP contribution is -2.43. The predicted octanol–water partition coefficient (Wildman–Crippen LogP) is 4.18. The van der Waals surface area contributed by atoms with Gasteiger partial charge in [0.1, 0.15) is 0 Å². The first-order valence-electron chi connectivity index (χ1n) is 7.30. The van der Waals surface area contributed by atoms with Gasteiger partial charge in [0, 0.05) is 12.0 Å². The van der Waals surface area contributed by atoms with Crippen molar-refractivity contribution in [3.05, 3.63) is 35.4 Å². The minimum Gasteiger partial charge on any atom is -0.396 e. The van der Waals surface area contributed by atoms with Gasteiger partial charge in [-0.15, -0.1) is 0 Å². The molecule has 1 nitrogen and oxygen atoms in total. The number of aliphatic hydroxyl groups excluding tert-OH is 1. The molecule has 1 N–H and O–H groups in total. The smallest absolute Gasteiger partial charge is 0.0467 e. The summed E-state index contributed by atoms with van der Waals surface area (Å²) in [5.41, 5.74) is 3.06. The standard InChI is InChI=1S/C15H22O.C2H6/c1-11(2)15(3)13(10-16)9-8-12-6-4-5-7-14(12)15;1-2/h4-7,11,13,16H,8-10H2,1-3H3;1-2H3. The van der Waals surface area contributed by atoms with Crippen LogP contribution in [0.4, 0.5) is 0 Å². The third-order valence-electron chi connectivity index (χ3n) is 4.63. The number of fused-ring (bicyclic) bond motifs is 1. The van der Waals surface area contributed by atoms with Crippen molar-refractivity contribution in [3.8, 4) is 0 Å².